The van der Waals surface area contributed by atoms with Gasteiger partial charge in [-0.1, -0.05) is 6.92 Å². The van der Waals surface area contributed by atoms with Crippen LogP contribution in [0.5, 0.6) is 5.75 Å². The van der Waals surface area contributed by atoms with E-state index in [4.69, 9.17) is 4.74 Å². The van der Waals surface area contributed by atoms with Crippen LogP contribution in [0.4, 0.5) is 4.39 Å². The van der Waals surface area contributed by atoms with Crippen LogP contribution >= 0.6 is 0 Å². The summed E-state index contributed by atoms with van der Waals surface area (Å²) in [5.41, 5.74) is 0.0336. The standard InChI is InChI=1S/C19H22FN3O3/c1-3-14-6-4-5-11-22(14)19(25)18-16(26-2)12-17(24)23(21-18)15-9-7-13(20)8-10-15/h7-10,12,14H,3-6,11H2,1-2H3/t14-/m1/s1. The zero-order valence-corrected chi connectivity index (χ0v) is 14.9. The number of hydrogen-bond donors (Lipinski definition) is 0. The smallest absolute Gasteiger partial charge is 0.278 e. The van der Waals surface area contributed by atoms with Gasteiger partial charge in [0.1, 0.15) is 5.82 Å². The molecule has 1 aliphatic heterocycles. The van der Waals surface area contributed by atoms with Crippen molar-refractivity contribution < 1.29 is 13.9 Å². The number of piperidine rings is 1. The first-order chi connectivity index (χ1) is 12.5. The molecule has 138 valence electrons. The summed E-state index contributed by atoms with van der Waals surface area (Å²) in [6.07, 6.45) is 3.87. The lowest BCUT2D eigenvalue weighted by atomic mass is 9.99. The lowest BCUT2D eigenvalue weighted by molar-refractivity contribution is 0.0596. The van der Waals surface area contributed by atoms with E-state index in [0.717, 1.165) is 30.4 Å². The van der Waals surface area contributed by atoms with E-state index in [-0.39, 0.29) is 23.4 Å². The van der Waals surface area contributed by atoms with Gasteiger partial charge in [0.15, 0.2) is 11.4 Å². The molecule has 1 aromatic carbocycles. The number of nitrogens with zero attached hydrogens (tertiary/aromatic N) is 3. The van der Waals surface area contributed by atoms with Crippen molar-refractivity contribution in [1.82, 2.24) is 14.7 Å². The van der Waals surface area contributed by atoms with E-state index >= 15 is 0 Å². The highest BCUT2D eigenvalue weighted by atomic mass is 19.1. The van der Waals surface area contributed by atoms with E-state index in [2.05, 4.69) is 12.0 Å². The molecule has 0 unspecified atom stereocenters. The van der Waals surface area contributed by atoms with Gasteiger partial charge in [-0.15, -0.1) is 0 Å². The van der Waals surface area contributed by atoms with Crippen molar-refractivity contribution in [2.24, 2.45) is 0 Å². The minimum atomic E-state index is -0.448. The Hall–Kier alpha value is -2.70. The fourth-order valence-electron chi connectivity index (χ4n) is 3.34. The van der Waals surface area contributed by atoms with Crippen LogP contribution < -0.4 is 10.3 Å². The van der Waals surface area contributed by atoms with Crippen LogP contribution in [0.25, 0.3) is 5.69 Å². The minimum absolute atomic E-state index is 0.0942. The molecule has 3 rings (SSSR count). The molecule has 1 aliphatic rings. The molecule has 1 amide bonds. The lowest BCUT2D eigenvalue weighted by Gasteiger charge is -2.35. The van der Waals surface area contributed by atoms with Crippen molar-refractivity contribution >= 4 is 5.91 Å². The molecule has 2 aromatic rings. The predicted molar refractivity (Wildman–Crippen MR) is 95.3 cm³/mol. The largest absolute Gasteiger partial charge is 0.494 e. The molecule has 26 heavy (non-hydrogen) atoms. The van der Waals surface area contributed by atoms with Gasteiger partial charge in [-0.2, -0.15) is 9.78 Å². The number of ether oxygens (including phenoxy) is 1. The third-order valence-corrected chi connectivity index (χ3v) is 4.75. The Bertz CT molecular complexity index is 848. The van der Waals surface area contributed by atoms with Crippen molar-refractivity contribution in [3.63, 3.8) is 0 Å². The number of likely N-dealkylation sites (tertiary alicyclic amines) is 1. The maximum atomic E-state index is 13.2. The molecule has 0 bridgehead atoms. The number of amides is 1. The fraction of sp³-hybridized carbons (Fsp3) is 0.421. The zero-order chi connectivity index (χ0) is 18.7. The van der Waals surface area contributed by atoms with Gasteiger partial charge in [0, 0.05) is 12.6 Å². The van der Waals surface area contributed by atoms with Crippen LogP contribution in [0.2, 0.25) is 0 Å². The van der Waals surface area contributed by atoms with Crippen LogP contribution in [0.1, 0.15) is 43.1 Å². The summed E-state index contributed by atoms with van der Waals surface area (Å²) >= 11 is 0. The first-order valence-electron chi connectivity index (χ1n) is 8.80. The average Bonchev–Trinajstić information content (AvgIpc) is 2.68. The zero-order valence-electron chi connectivity index (χ0n) is 14.9. The molecule has 1 atom stereocenters. The van der Waals surface area contributed by atoms with Crippen LogP contribution in [0.3, 0.4) is 0 Å². The van der Waals surface area contributed by atoms with E-state index in [1.165, 1.54) is 37.4 Å². The van der Waals surface area contributed by atoms with Gasteiger partial charge in [0.25, 0.3) is 11.5 Å². The average molecular weight is 359 g/mol. The van der Waals surface area contributed by atoms with E-state index in [1.807, 2.05) is 4.90 Å². The summed E-state index contributed by atoms with van der Waals surface area (Å²) < 4.78 is 19.5. The minimum Gasteiger partial charge on any atom is -0.494 e. The van der Waals surface area contributed by atoms with E-state index in [0.29, 0.717) is 12.2 Å². The first kappa shape index (κ1) is 18.1. The normalized spacial score (nSPS) is 17.2. The molecule has 1 aromatic heterocycles. The van der Waals surface area contributed by atoms with Gasteiger partial charge < -0.3 is 9.64 Å². The molecule has 0 spiro atoms. The van der Waals surface area contributed by atoms with Crippen LogP contribution in [0, 0.1) is 5.82 Å². The maximum Gasteiger partial charge on any atom is 0.278 e. The number of methoxy groups -OCH3 is 1. The molecule has 0 aliphatic carbocycles. The highest BCUT2D eigenvalue weighted by Crippen LogP contribution is 2.24. The van der Waals surface area contributed by atoms with Crippen LogP contribution in [0.15, 0.2) is 35.1 Å². The van der Waals surface area contributed by atoms with Gasteiger partial charge in [-0.3, -0.25) is 9.59 Å². The molecule has 0 saturated carbocycles. The lowest BCUT2D eigenvalue weighted by Crippen LogP contribution is -2.44. The van der Waals surface area contributed by atoms with Crippen LogP contribution in [-0.4, -0.2) is 40.3 Å². The summed E-state index contributed by atoms with van der Waals surface area (Å²) in [5.74, 6) is -0.506. The predicted octanol–water partition coefficient (Wildman–Crippen LogP) is 2.78. The number of carbonyl (C=O) groups is 1. The van der Waals surface area contributed by atoms with Gasteiger partial charge in [0.05, 0.1) is 18.9 Å². The number of carbonyl (C=O) groups excluding carboxylic acids is 1. The Labute approximate surface area is 151 Å². The SMILES string of the molecule is CC[C@@H]1CCCCN1C(=O)c1nn(-c2ccc(F)cc2)c(=O)cc1OC. The quantitative estimate of drug-likeness (QED) is 0.842. The molecular weight excluding hydrogens is 337 g/mol. The second-order valence-corrected chi connectivity index (χ2v) is 6.34. The molecule has 7 heteroatoms. The Morgan fingerprint density at radius 2 is 2.04 bits per heavy atom. The monoisotopic (exact) mass is 359 g/mol. The number of halogens is 1. The van der Waals surface area contributed by atoms with Gasteiger partial charge in [-0.05, 0) is 49.9 Å². The van der Waals surface area contributed by atoms with Crippen molar-refractivity contribution in [3.05, 3.63) is 52.2 Å². The number of aromatic nitrogens is 2. The second-order valence-electron chi connectivity index (χ2n) is 6.34. The molecular formula is C19H22FN3O3. The summed E-state index contributed by atoms with van der Waals surface area (Å²) in [5, 5.41) is 4.25. The Morgan fingerprint density at radius 3 is 2.69 bits per heavy atom. The van der Waals surface area contributed by atoms with Crippen LogP contribution in [-0.2, 0) is 0 Å². The van der Waals surface area contributed by atoms with Crippen molar-refractivity contribution in [3.8, 4) is 11.4 Å². The van der Waals surface area contributed by atoms with Gasteiger partial charge in [0.2, 0.25) is 0 Å². The molecule has 1 fully saturated rings. The third kappa shape index (κ3) is 3.47. The first-order valence-corrected chi connectivity index (χ1v) is 8.80. The van der Waals surface area contributed by atoms with Crippen molar-refractivity contribution in [2.75, 3.05) is 13.7 Å². The van der Waals surface area contributed by atoms with Crippen molar-refractivity contribution in [2.45, 2.75) is 38.6 Å². The molecule has 1 saturated heterocycles. The fourth-order valence-corrected chi connectivity index (χ4v) is 3.34. The van der Waals surface area contributed by atoms with Crippen molar-refractivity contribution in [1.29, 1.82) is 0 Å². The number of benzene rings is 1. The van der Waals surface area contributed by atoms with E-state index in [9.17, 15) is 14.0 Å². The highest BCUT2D eigenvalue weighted by Gasteiger charge is 2.30. The summed E-state index contributed by atoms with van der Waals surface area (Å²) in [7, 11) is 1.41. The second kappa shape index (κ2) is 7.68. The third-order valence-electron chi connectivity index (χ3n) is 4.75. The van der Waals surface area contributed by atoms with Gasteiger partial charge in [-0.25, -0.2) is 4.39 Å². The molecule has 0 radical (unpaired) electrons. The molecule has 6 nitrogen and oxygen atoms in total. The highest BCUT2D eigenvalue weighted by molar-refractivity contribution is 5.95. The number of rotatable bonds is 4. The summed E-state index contributed by atoms with van der Waals surface area (Å²) in [4.78, 5) is 27.3. The Morgan fingerprint density at radius 1 is 1.31 bits per heavy atom. The Balaban J connectivity index is 2.05. The molecule has 0 N–H and O–H groups in total. The van der Waals surface area contributed by atoms with E-state index < -0.39 is 11.4 Å². The maximum absolute atomic E-state index is 13.2. The Kier molecular flexibility index (Phi) is 5.35. The molecule has 2 heterocycles. The summed E-state index contributed by atoms with van der Waals surface area (Å²) in [6, 6.07) is 6.78. The van der Waals surface area contributed by atoms with Gasteiger partial charge >= 0.3 is 0 Å². The topological polar surface area (TPSA) is 64.4 Å². The summed E-state index contributed by atoms with van der Waals surface area (Å²) in [6.45, 7) is 2.72. The number of hydrogen-bond acceptors (Lipinski definition) is 4. The van der Waals surface area contributed by atoms with E-state index in [1.54, 1.807) is 0 Å².